The Morgan fingerprint density at radius 2 is 1.93 bits per heavy atom. The Hall–Kier alpha value is -0.170. The predicted molar refractivity (Wildman–Crippen MR) is 58.6 cm³/mol. The van der Waals surface area contributed by atoms with Crippen LogP contribution in [-0.2, 0) is 10.2 Å². The van der Waals surface area contributed by atoms with Crippen LogP contribution >= 0.6 is 0 Å². The minimum Gasteiger partial charge on any atom is -0.391 e. The average molecular weight is 236 g/mol. The van der Waals surface area contributed by atoms with Gasteiger partial charge in [-0.1, -0.05) is 13.8 Å². The van der Waals surface area contributed by atoms with Gasteiger partial charge in [-0.25, -0.2) is 0 Å². The second-order valence-electron chi connectivity index (χ2n) is 4.90. The Labute approximate surface area is 91.9 Å². The molecule has 1 fully saturated rings. The minimum absolute atomic E-state index is 0.188. The Balaban J connectivity index is 2.79. The first kappa shape index (κ1) is 12.9. The summed E-state index contributed by atoms with van der Waals surface area (Å²) in [5, 5.41) is 9.83. The standard InChI is InChI=1S/C9H20N2O3S/c1-9(2)5-6-11(7-8(9)12)15(13,14)10(3)4/h8,12H,5-7H2,1-4H3. The fourth-order valence-electron chi connectivity index (χ4n) is 1.55. The fourth-order valence-corrected chi connectivity index (χ4v) is 2.66. The Bertz CT molecular complexity index is 324. The lowest BCUT2D eigenvalue weighted by molar-refractivity contribution is -0.00185. The summed E-state index contributed by atoms with van der Waals surface area (Å²) >= 11 is 0. The van der Waals surface area contributed by atoms with Crippen LogP contribution in [0.5, 0.6) is 0 Å². The Morgan fingerprint density at radius 3 is 2.33 bits per heavy atom. The third-order valence-electron chi connectivity index (χ3n) is 3.07. The van der Waals surface area contributed by atoms with E-state index in [1.807, 2.05) is 13.8 Å². The van der Waals surface area contributed by atoms with Gasteiger partial charge in [0.1, 0.15) is 0 Å². The van der Waals surface area contributed by atoms with Crippen molar-refractivity contribution in [1.29, 1.82) is 0 Å². The number of β-amino-alcohol motifs (C(OH)–C–C–N with tert-alkyl or cyclic N) is 1. The van der Waals surface area contributed by atoms with Gasteiger partial charge in [0.05, 0.1) is 6.10 Å². The van der Waals surface area contributed by atoms with Gasteiger partial charge in [0.15, 0.2) is 0 Å². The highest BCUT2D eigenvalue weighted by Crippen LogP contribution is 2.31. The van der Waals surface area contributed by atoms with Gasteiger partial charge < -0.3 is 5.11 Å². The van der Waals surface area contributed by atoms with Crippen LogP contribution in [0.1, 0.15) is 20.3 Å². The van der Waals surface area contributed by atoms with Crippen LogP contribution in [0.25, 0.3) is 0 Å². The lowest BCUT2D eigenvalue weighted by Gasteiger charge is -2.41. The van der Waals surface area contributed by atoms with Gasteiger partial charge in [-0.3, -0.25) is 0 Å². The third kappa shape index (κ3) is 2.50. The number of aliphatic hydroxyl groups excluding tert-OH is 1. The van der Waals surface area contributed by atoms with Crippen LogP contribution in [0.15, 0.2) is 0 Å². The van der Waals surface area contributed by atoms with Crippen LogP contribution in [0.4, 0.5) is 0 Å². The molecule has 15 heavy (non-hydrogen) atoms. The van der Waals surface area contributed by atoms with Crippen molar-refractivity contribution in [3.8, 4) is 0 Å². The maximum atomic E-state index is 11.8. The van der Waals surface area contributed by atoms with Crippen molar-refractivity contribution < 1.29 is 13.5 Å². The first-order valence-corrected chi connectivity index (χ1v) is 6.43. The third-order valence-corrected chi connectivity index (χ3v) is 4.98. The maximum Gasteiger partial charge on any atom is 0.281 e. The molecule has 0 aromatic carbocycles. The van der Waals surface area contributed by atoms with E-state index in [4.69, 9.17) is 0 Å². The van der Waals surface area contributed by atoms with E-state index in [0.29, 0.717) is 13.0 Å². The van der Waals surface area contributed by atoms with Crippen molar-refractivity contribution in [3.05, 3.63) is 0 Å². The smallest absolute Gasteiger partial charge is 0.281 e. The van der Waals surface area contributed by atoms with Gasteiger partial charge in [-0.15, -0.1) is 0 Å². The molecule has 0 aromatic heterocycles. The second-order valence-corrected chi connectivity index (χ2v) is 7.04. The molecule has 1 rings (SSSR count). The average Bonchev–Trinajstić information content (AvgIpc) is 2.09. The largest absolute Gasteiger partial charge is 0.391 e. The van der Waals surface area contributed by atoms with E-state index in [0.717, 1.165) is 0 Å². The van der Waals surface area contributed by atoms with E-state index in [9.17, 15) is 13.5 Å². The summed E-state index contributed by atoms with van der Waals surface area (Å²) in [4.78, 5) is 0. The molecule has 1 saturated heterocycles. The molecule has 1 aliphatic heterocycles. The van der Waals surface area contributed by atoms with Crippen molar-refractivity contribution >= 4 is 10.2 Å². The Kier molecular flexibility index (Phi) is 3.45. The van der Waals surface area contributed by atoms with Crippen molar-refractivity contribution in [2.45, 2.75) is 26.4 Å². The van der Waals surface area contributed by atoms with Crippen molar-refractivity contribution in [1.82, 2.24) is 8.61 Å². The first-order valence-electron chi connectivity index (χ1n) is 5.03. The highest BCUT2D eigenvalue weighted by Gasteiger charge is 2.39. The summed E-state index contributed by atoms with van der Waals surface area (Å²) in [5.74, 6) is 0. The van der Waals surface area contributed by atoms with Gasteiger partial charge in [-0.2, -0.15) is 17.0 Å². The highest BCUT2D eigenvalue weighted by molar-refractivity contribution is 7.86. The fraction of sp³-hybridized carbons (Fsp3) is 1.00. The van der Waals surface area contributed by atoms with Gasteiger partial charge >= 0.3 is 0 Å². The number of rotatable bonds is 2. The van der Waals surface area contributed by atoms with Gasteiger partial charge in [0.25, 0.3) is 10.2 Å². The normalized spacial score (nSPS) is 28.3. The molecule has 0 saturated carbocycles. The molecule has 0 radical (unpaired) electrons. The van der Waals surface area contributed by atoms with Crippen LogP contribution in [-0.4, -0.2) is 55.4 Å². The minimum atomic E-state index is -3.38. The quantitative estimate of drug-likeness (QED) is 0.727. The molecule has 0 aromatic rings. The van der Waals surface area contributed by atoms with E-state index >= 15 is 0 Å². The van der Waals surface area contributed by atoms with E-state index in [1.165, 1.54) is 22.7 Å². The molecular formula is C9H20N2O3S. The number of nitrogens with zero attached hydrogens (tertiary/aromatic N) is 2. The molecule has 0 amide bonds. The summed E-state index contributed by atoms with van der Waals surface area (Å²) < 4.78 is 26.1. The van der Waals surface area contributed by atoms with Gasteiger partial charge in [0.2, 0.25) is 0 Å². The predicted octanol–water partition coefficient (Wildman–Crippen LogP) is -0.114. The number of piperidine rings is 1. The molecule has 0 aliphatic carbocycles. The van der Waals surface area contributed by atoms with Crippen LogP contribution < -0.4 is 0 Å². The van der Waals surface area contributed by atoms with Crippen LogP contribution in [0.2, 0.25) is 0 Å². The maximum absolute atomic E-state index is 11.8. The van der Waals surface area contributed by atoms with Gasteiger partial charge in [-0.05, 0) is 11.8 Å². The van der Waals surface area contributed by atoms with Crippen molar-refractivity contribution in [2.75, 3.05) is 27.2 Å². The number of hydrogen-bond acceptors (Lipinski definition) is 3. The Morgan fingerprint density at radius 1 is 1.40 bits per heavy atom. The lowest BCUT2D eigenvalue weighted by atomic mass is 9.81. The topological polar surface area (TPSA) is 60.9 Å². The molecule has 1 unspecified atom stereocenters. The molecule has 0 spiro atoms. The molecule has 5 nitrogen and oxygen atoms in total. The van der Waals surface area contributed by atoms with Crippen LogP contribution in [0, 0.1) is 5.41 Å². The zero-order chi connectivity index (χ0) is 11.9. The summed E-state index contributed by atoms with van der Waals surface area (Å²) in [6.45, 7) is 4.58. The SMILES string of the molecule is CN(C)S(=O)(=O)N1CCC(C)(C)C(O)C1. The zero-order valence-electron chi connectivity index (χ0n) is 9.77. The molecular weight excluding hydrogens is 216 g/mol. The molecule has 90 valence electrons. The molecule has 1 N–H and O–H groups in total. The summed E-state index contributed by atoms with van der Waals surface area (Å²) in [5.41, 5.74) is -0.196. The zero-order valence-corrected chi connectivity index (χ0v) is 10.6. The molecule has 1 heterocycles. The second kappa shape index (κ2) is 4.01. The first-order chi connectivity index (χ1) is 6.68. The summed E-state index contributed by atoms with van der Waals surface area (Å²) in [7, 11) is -0.373. The van der Waals surface area contributed by atoms with Crippen LogP contribution in [0.3, 0.4) is 0 Å². The molecule has 6 heteroatoms. The summed E-state index contributed by atoms with van der Waals surface area (Å²) in [6.07, 6.45) is 0.0855. The lowest BCUT2D eigenvalue weighted by Crippen LogP contribution is -2.52. The molecule has 1 atom stereocenters. The van der Waals surface area contributed by atoms with E-state index in [2.05, 4.69) is 0 Å². The van der Waals surface area contributed by atoms with E-state index in [-0.39, 0.29) is 12.0 Å². The monoisotopic (exact) mass is 236 g/mol. The summed E-state index contributed by atoms with van der Waals surface area (Å²) in [6, 6.07) is 0. The van der Waals surface area contributed by atoms with Crippen molar-refractivity contribution in [3.63, 3.8) is 0 Å². The molecule has 0 bridgehead atoms. The molecule has 1 aliphatic rings. The van der Waals surface area contributed by atoms with Crippen molar-refractivity contribution in [2.24, 2.45) is 5.41 Å². The van der Waals surface area contributed by atoms with Gasteiger partial charge in [0, 0.05) is 27.2 Å². The highest BCUT2D eigenvalue weighted by atomic mass is 32.2. The van der Waals surface area contributed by atoms with E-state index in [1.54, 1.807) is 0 Å². The van der Waals surface area contributed by atoms with E-state index < -0.39 is 16.3 Å². The number of aliphatic hydroxyl groups is 1. The number of hydrogen-bond donors (Lipinski definition) is 1.